The molecule has 4 heteroatoms. The van der Waals surface area contributed by atoms with E-state index in [2.05, 4.69) is 15.4 Å². The molecular formula is C9H14N4. The van der Waals surface area contributed by atoms with Gasteiger partial charge in [0.2, 0.25) is 5.95 Å². The first-order valence-electron chi connectivity index (χ1n) is 4.75. The van der Waals surface area contributed by atoms with Gasteiger partial charge in [0.05, 0.1) is 0 Å². The van der Waals surface area contributed by atoms with Gasteiger partial charge in [0.15, 0.2) is 0 Å². The fourth-order valence-electron chi connectivity index (χ4n) is 1.47. The Bertz CT molecular complexity index is 241. The van der Waals surface area contributed by atoms with Crippen molar-refractivity contribution in [3.63, 3.8) is 0 Å². The van der Waals surface area contributed by atoms with E-state index in [4.69, 9.17) is 0 Å². The first-order chi connectivity index (χ1) is 6.47. The highest BCUT2D eigenvalue weighted by molar-refractivity contribution is 5.25. The number of nitrogens with zero attached hydrogens (tertiary/aromatic N) is 3. The van der Waals surface area contributed by atoms with Crippen LogP contribution in [-0.4, -0.2) is 23.1 Å². The van der Waals surface area contributed by atoms with E-state index in [1.807, 2.05) is 11.1 Å². The van der Waals surface area contributed by atoms with Crippen LogP contribution < -0.4 is 10.4 Å². The van der Waals surface area contributed by atoms with Crippen molar-refractivity contribution in [2.75, 3.05) is 18.1 Å². The van der Waals surface area contributed by atoms with Crippen LogP contribution in [0.3, 0.4) is 0 Å². The Morgan fingerprint density at radius 1 is 1.15 bits per heavy atom. The van der Waals surface area contributed by atoms with Crippen molar-refractivity contribution in [2.45, 2.75) is 19.3 Å². The molecule has 1 aliphatic rings. The monoisotopic (exact) mass is 178 g/mol. The highest BCUT2D eigenvalue weighted by Gasteiger charge is 2.10. The van der Waals surface area contributed by atoms with E-state index < -0.39 is 0 Å². The summed E-state index contributed by atoms with van der Waals surface area (Å²) >= 11 is 0. The van der Waals surface area contributed by atoms with Gasteiger partial charge in [-0.3, -0.25) is 5.01 Å². The molecule has 0 bridgehead atoms. The summed E-state index contributed by atoms with van der Waals surface area (Å²) in [7, 11) is 0. The van der Waals surface area contributed by atoms with E-state index in [1.54, 1.807) is 12.4 Å². The Morgan fingerprint density at radius 3 is 2.85 bits per heavy atom. The number of aromatic nitrogens is 2. The van der Waals surface area contributed by atoms with Crippen molar-refractivity contribution in [1.29, 1.82) is 0 Å². The maximum atomic E-state index is 4.20. The van der Waals surface area contributed by atoms with Gasteiger partial charge in [0, 0.05) is 25.5 Å². The minimum absolute atomic E-state index is 0.782. The summed E-state index contributed by atoms with van der Waals surface area (Å²) in [4.78, 5) is 8.39. The summed E-state index contributed by atoms with van der Waals surface area (Å²) in [6.45, 7) is 2.03. The highest BCUT2D eigenvalue weighted by atomic mass is 15.5. The van der Waals surface area contributed by atoms with E-state index in [-0.39, 0.29) is 0 Å². The minimum Gasteiger partial charge on any atom is -0.276 e. The van der Waals surface area contributed by atoms with E-state index in [1.165, 1.54) is 19.3 Å². The molecule has 0 radical (unpaired) electrons. The van der Waals surface area contributed by atoms with Crippen LogP contribution in [0.15, 0.2) is 18.5 Å². The van der Waals surface area contributed by atoms with Crippen molar-refractivity contribution < 1.29 is 0 Å². The zero-order chi connectivity index (χ0) is 8.93. The topological polar surface area (TPSA) is 41.1 Å². The van der Waals surface area contributed by atoms with E-state index in [9.17, 15) is 0 Å². The molecule has 1 aromatic heterocycles. The van der Waals surface area contributed by atoms with Crippen molar-refractivity contribution in [3.8, 4) is 0 Å². The largest absolute Gasteiger partial charge is 0.276 e. The molecule has 2 heterocycles. The second-order valence-electron chi connectivity index (χ2n) is 3.17. The fourth-order valence-corrected chi connectivity index (χ4v) is 1.47. The molecule has 70 valence electrons. The van der Waals surface area contributed by atoms with Crippen molar-refractivity contribution in [2.24, 2.45) is 0 Å². The van der Waals surface area contributed by atoms with Crippen LogP contribution >= 0.6 is 0 Å². The van der Waals surface area contributed by atoms with Crippen LogP contribution in [0.1, 0.15) is 19.3 Å². The summed E-state index contributed by atoms with van der Waals surface area (Å²) in [6, 6.07) is 1.83. The standard InChI is InChI=1S/C9H14N4/c1-2-7-12-13(8-3-1)9-10-5-4-6-11-9/h4-6,12H,1-3,7-8H2. The Balaban J connectivity index is 2.06. The average Bonchev–Trinajstić information content (AvgIpc) is 2.47. The highest BCUT2D eigenvalue weighted by Crippen LogP contribution is 2.07. The summed E-state index contributed by atoms with van der Waals surface area (Å²) in [5, 5.41) is 2.03. The summed E-state index contributed by atoms with van der Waals surface area (Å²) in [5.74, 6) is 0.782. The predicted octanol–water partition coefficient (Wildman–Crippen LogP) is 0.972. The molecule has 1 aromatic rings. The predicted molar refractivity (Wildman–Crippen MR) is 51.2 cm³/mol. The van der Waals surface area contributed by atoms with Gasteiger partial charge in [0.25, 0.3) is 0 Å². The molecule has 0 amide bonds. The lowest BCUT2D eigenvalue weighted by Crippen LogP contribution is -2.38. The zero-order valence-corrected chi connectivity index (χ0v) is 7.61. The molecule has 0 saturated carbocycles. The maximum Gasteiger partial charge on any atom is 0.239 e. The van der Waals surface area contributed by atoms with Crippen LogP contribution in [0.25, 0.3) is 0 Å². The van der Waals surface area contributed by atoms with Crippen LogP contribution in [0, 0.1) is 0 Å². The summed E-state index contributed by atoms with van der Waals surface area (Å²) < 4.78 is 0. The molecular weight excluding hydrogens is 164 g/mol. The number of nitrogens with one attached hydrogen (secondary N) is 1. The SMILES string of the molecule is c1cnc(N2CCCCCN2)nc1. The number of hydrogen-bond donors (Lipinski definition) is 1. The summed E-state index contributed by atoms with van der Waals surface area (Å²) in [5.41, 5.74) is 3.31. The molecule has 0 unspecified atom stereocenters. The minimum atomic E-state index is 0.782. The third-order valence-electron chi connectivity index (χ3n) is 2.15. The van der Waals surface area contributed by atoms with Crippen molar-refractivity contribution >= 4 is 5.95 Å². The number of hydrazine groups is 1. The van der Waals surface area contributed by atoms with Gasteiger partial charge < -0.3 is 0 Å². The van der Waals surface area contributed by atoms with Crippen molar-refractivity contribution in [3.05, 3.63) is 18.5 Å². The Kier molecular flexibility index (Phi) is 2.72. The molecule has 4 nitrogen and oxygen atoms in total. The van der Waals surface area contributed by atoms with E-state index in [0.29, 0.717) is 0 Å². The lowest BCUT2D eigenvalue weighted by atomic mass is 10.2. The smallest absolute Gasteiger partial charge is 0.239 e. The molecule has 0 atom stereocenters. The van der Waals surface area contributed by atoms with Gasteiger partial charge in [-0.25, -0.2) is 15.4 Å². The molecule has 1 aliphatic heterocycles. The molecule has 1 N–H and O–H groups in total. The molecule has 2 rings (SSSR count). The third kappa shape index (κ3) is 2.15. The quantitative estimate of drug-likeness (QED) is 0.695. The second-order valence-corrected chi connectivity index (χ2v) is 3.17. The maximum absolute atomic E-state index is 4.20. The molecule has 0 aliphatic carbocycles. The number of rotatable bonds is 1. The van der Waals surface area contributed by atoms with E-state index >= 15 is 0 Å². The zero-order valence-electron chi connectivity index (χ0n) is 7.61. The molecule has 0 aromatic carbocycles. The van der Waals surface area contributed by atoms with Crippen LogP contribution in [0.2, 0.25) is 0 Å². The van der Waals surface area contributed by atoms with Gasteiger partial charge in [-0.05, 0) is 18.9 Å². The molecule has 1 fully saturated rings. The summed E-state index contributed by atoms with van der Waals surface area (Å²) in [6.07, 6.45) is 7.29. The van der Waals surface area contributed by atoms with Crippen LogP contribution in [0.5, 0.6) is 0 Å². The molecule has 1 saturated heterocycles. The van der Waals surface area contributed by atoms with Crippen molar-refractivity contribution in [1.82, 2.24) is 15.4 Å². The fraction of sp³-hybridized carbons (Fsp3) is 0.556. The molecule has 0 spiro atoms. The van der Waals surface area contributed by atoms with E-state index in [0.717, 1.165) is 19.0 Å². The average molecular weight is 178 g/mol. The van der Waals surface area contributed by atoms with Gasteiger partial charge in [-0.1, -0.05) is 6.42 Å². The lowest BCUT2D eigenvalue weighted by molar-refractivity contribution is 0.642. The van der Waals surface area contributed by atoms with Crippen LogP contribution in [-0.2, 0) is 0 Å². The first-order valence-corrected chi connectivity index (χ1v) is 4.75. The number of hydrogen-bond acceptors (Lipinski definition) is 4. The Hall–Kier alpha value is -1.16. The van der Waals surface area contributed by atoms with Gasteiger partial charge in [0.1, 0.15) is 0 Å². The Labute approximate surface area is 78.0 Å². The lowest BCUT2D eigenvalue weighted by Gasteiger charge is -2.20. The van der Waals surface area contributed by atoms with Gasteiger partial charge in [-0.2, -0.15) is 0 Å². The number of anilines is 1. The first kappa shape index (κ1) is 8.44. The van der Waals surface area contributed by atoms with Gasteiger partial charge >= 0.3 is 0 Å². The molecule has 13 heavy (non-hydrogen) atoms. The van der Waals surface area contributed by atoms with Gasteiger partial charge in [-0.15, -0.1) is 0 Å². The Morgan fingerprint density at radius 2 is 2.00 bits per heavy atom. The van der Waals surface area contributed by atoms with Crippen LogP contribution in [0.4, 0.5) is 5.95 Å². The second kappa shape index (κ2) is 4.18. The normalized spacial score (nSPS) is 18.3. The third-order valence-corrected chi connectivity index (χ3v) is 2.15.